The molecule has 0 atom stereocenters. The summed E-state index contributed by atoms with van der Waals surface area (Å²) in [4.78, 5) is 15.1. The highest BCUT2D eigenvalue weighted by atomic mass is 16.6. The monoisotopic (exact) mass is 339 g/mol. The molecule has 0 unspecified atom stereocenters. The molecule has 0 fully saturated rings. The second-order valence-corrected chi connectivity index (χ2v) is 5.30. The van der Waals surface area contributed by atoms with Crippen LogP contribution >= 0.6 is 0 Å². The number of nitrogens with zero attached hydrogens (tertiary/aromatic N) is 2. The Kier molecular flexibility index (Phi) is 4.65. The van der Waals surface area contributed by atoms with Gasteiger partial charge >= 0.3 is 0 Å². The Balaban J connectivity index is 1.95. The van der Waals surface area contributed by atoms with Crippen LogP contribution in [0, 0.1) is 10.1 Å². The molecule has 2 aromatic carbocycles. The molecule has 0 aliphatic rings. The number of nitro groups is 1. The molecule has 128 valence electrons. The molecule has 0 spiro atoms. The molecule has 1 heterocycles. The molecule has 0 amide bonds. The Bertz CT molecular complexity index is 927. The van der Waals surface area contributed by atoms with Gasteiger partial charge in [-0.3, -0.25) is 15.1 Å². The van der Waals surface area contributed by atoms with Crippen LogP contribution in [-0.4, -0.2) is 24.1 Å². The zero-order valence-corrected chi connectivity index (χ0v) is 13.9. The maximum absolute atomic E-state index is 11.2. The van der Waals surface area contributed by atoms with E-state index in [1.54, 1.807) is 38.6 Å². The maximum atomic E-state index is 11.2. The first kappa shape index (κ1) is 16.5. The minimum Gasteiger partial charge on any atom is -0.493 e. The van der Waals surface area contributed by atoms with Crippen LogP contribution in [0.3, 0.4) is 0 Å². The third-order valence-electron chi connectivity index (χ3n) is 3.90. The number of pyridine rings is 1. The summed E-state index contributed by atoms with van der Waals surface area (Å²) in [5.74, 6) is 1.30. The number of rotatable bonds is 6. The number of aromatic nitrogens is 1. The first-order chi connectivity index (χ1) is 12.2. The second kappa shape index (κ2) is 7.04. The third kappa shape index (κ3) is 3.16. The van der Waals surface area contributed by atoms with Crippen LogP contribution in [0.4, 0.5) is 11.4 Å². The van der Waals surface area contributed by atoms with Gasteiger partial charge in [0.15, 0.2) is 11.5 Å². The predicted octanol–water partition coefficient (Wildman–Crippen LogP) is 3.77. The standard InChI is InChI=1S/C18H17N3O4/c1-24-16-7-3-5-12(18(16)25-2)11-20-14-8-9-15(21(22)23)13-6-4-10-19-17(13)14/h3-10,20H,11H2,1-2H3. The van der Waals surface area contributed by atoms with Crippen molar-refractivity contribution in [2.45, 2.75) is 6.54 Å². The minimum absolute atomic E-state index is 0.0348. The van der Waals surface area contributed by atoms with Gasteiger partial charge in [-0.2, -0.15) is 0 Å². The normalized spacial score (nSPS) is 10.5. The number of nitro benzene ring substituents is 1. The number of fused-ring (bicyclic) bond motifs is 1. The number of hydrogen-bond donors (Lipinski definition) is 1. The van der Waals surface area contributed by atoms with Crippen LogP contribution in [-0.2, 0) is 6.54 Å². The van der Waals surface area contributed by atoms with Crippen LogP contribution in [0.25, 0.3) is 10.9 Å². The fourth-order valence-corrected chi connectivity index (χ4v) is 2.74. The summed E-state index contributed by atoms with van der Waals surface area (Å²) < 4.78 is 10.7. The molecule has 1 aromatic heterocycles. The van der Waals surface area contributed by atoms with Gasteiger partial charge in [0.05, 0.1) is 30.2 Å². The molecule has 0 aliphatic carbocycles. The molecule has 0 radical (unpaired) electrons. The smallest absolute Gasteiger partial charge is 0.278 e. The van der Waals surface area contributed by atoms with E-state index in [1.807, 2.05) is 18.2 Å². The van der Waals surface area contributed by atoms with Gasteiger partial charge in [-0.1, -0.05) is 12.1 Å². The van der Waals surface area contributed by atoms with E-state index >= 15 is 0 Å². The van der Waals surface area contributed by atoms with E-state index in [2.05, 4.69) is 10.3 Å². The second-order valence-electron chi connectivity index (χ2n) is 5.30. The number of benzene rings is 2. The largest absolute Gasteiger partial charge is 0.493 e. The molecular weight excluding hydrogens is 322 g/mol. The summed E-state index contributed by atoms with van der Waals surface area (Å²) in [6.45, 7) is 0.462. The number of ether oxygens (including phenoxy) is 2. The number of nitrogens with one attached hydrogen (secondary N) is 1. The molecule has 0 saturated carbocycles. The van der Waals surface area contributed by atoms with Gasteiger partial charge in [0.25, 0.3) is 5.69 Å². The van der Waals surface area contributed by atoms with Gasteiger partial charge in [-0.25, -0.2) is 0 Å². The van der Waals surface area contributed by atoms with Crippen molar-refractivity contribution < 1.29 is 14.4 Å². The van der Waals surface area contributed by atoms with Gasteiger partial charge in [0.2, 0.25) is 0 Å². The Morgan fingerprint density at radius 3 is 2.68 bits per heavy atom. The number of non-ortho nitro benzene ring substituents is 1. The molecule has 0 aliphatic heterocycles. The van der Waals surface area contributed by atoms with Crippen molar-refractivity contribution in [1.82, 2.24) is 4.98 Å². The minimum atomic E-state index is -0.404. The number of methoxy groups -OCH3 is 2. The van der Waals surface area contributed by atoms with Gasteiger partial charge in [0.1, 0.15) is 5.52 Å². The quantitative estimate of drug-likeness (QED) is 0.543. The van der Waals surface area contributed by atoms with E-state index in [4.69, 9.17) is 9.47 Å². The zero-order valence-electron chi connectivity index (χ0n) is 13.9. The highest BCUT2D eigenvalue weighted by Gasteiger charge is 2.15. The van der Waals surface area contributed by atoms with Crippen LogP contribution in [0.15, 0.2) is 48.7 Å². The average molecular weight is 339 g/mol. The van der Waals surface area contributed by atoms with Crippen molar-refractivity contribution in [3.63, 3.8) is 0 Å². The molecule has 7 nitrogen and oxygen atoms in total. The maximum Gasteiger partial charge on any atom is 0.278 e. The molecule has 3 aromatic rings. The number of anilines is 1. The lowest BCUT2D eigenvalue weighted by Crippen LogP contribution is -2.04. The fourth-order valence-electron chi connectivity index (χ4n) is 2.74. The molecule has 3 rings (SSSR count). The lowest BCUT2D eigenvalue weighted by Gasteiger charge is -2.14. The van der Waals surface area contributed by atoms with E-state index in [0.717, 1.165) is 5.56 Å². The average Bonchev–Trinajstić information content (AvgIpc) is 2.65. The van der Waals surface area contributed by atoms with Gasteiger partial charge in [-0.05, 0) is 24.3 Å². The van der Waals surface area contributed by atoms with Gasteiger partial charge in [0, 0.05) is 24.4 Å². The summed E-state index contributed by atoms with van der Waals surface area (Å²) in [6, 6.07) is 12.2. The molecular formula is C18H17N3O4. The molecule has 1 N–H and O–H groups in total. The van der Waals surface area contributed by atoms with Crippen molar-refractivity contribution >= 4 is 22.3 Å². The van der Waals surface area contributed by atoms with Gasteiger partial charge in [-0.15, -0.1) is 0 Å². The van der Waals surface area contributed by atoms with E-state index in [1.165, 1.54) is 6.07 Å². The summed E-state index contributed by atoms with van der Waals surface area (Å²) in [7, 11) is 3.17. The summed E-state index contributed by atoms with van der Waals surface area (Å²) in [5, 5.41) is 15.0. The first-order valence-electron chi connectivity index (χ1n) is 7.61. The van der Waals surface area contributed by atoms with Crippen LogP contribution in [0.1, 0.15) is 5.56 Å². The summed E-state index contributed by atoms with van der Waals surface area (Å²) in [5.41, 5.74) is 2.21. The van der Waals surface area contributed by atoms with E-state index in [0.29, 0.717) is 34.6 Å². The summed E-state index contributed by atoms with van der Waals surface area (Å²) >= 11 is 0. The first-order valence-corrected chi connectivity index (χ1v) is 7.61. The fraction of sp³-hybridized carbons (Fsp3) is 0.167. The predicted molar refractivity (Wildman–Crippen MR) is 95.3 cm³/mol. The van der Waals surface area contributed by atoms with Crippen molar-refractivity contribution in [2.24, 2.45) is 0 Å². The molecule has 25 heavy (non-hydrogen) atoms. The van der Waals surface area contributed by atoms with E-state index in [-0.39, 0.29) is 5.69 Å². The lowest BCUT2D eigenvalue weighted by atomic mass is 10.1. The van der Waals surface area contributed by atoms with Crippen LogP contribution in [0.5, 0.6) is 11.5 Å². The highest BCUT2D eigenvalue weighted by Crippen LogP contribution is 2.33. The molecule has 7 heteroatoms. The van der Waals surface area contributed by atoms with Crippen molar-refractivity contribution in [1.29, 1.82) is 0 Å². The topological polar surface area (TPSA) is 86.5 Å². The van der Waals surface area contributed by atoms with Crippen LogP contribution in [0.2, 0.25) is 0 Å². The van der Waals surface area contributed by atoms with Crippen molar-refractivity contribution in [3.05, 3.63) is 64.3 Å². The Labute approximate surface area is 144 Å². The van der Waals surface area contributed by atoms with Crippen LogP contribution < -0.4 is 14.8 Å². The molecule has 0 saturated heterocycles. The van der Waals surface area contributed by atoms with E-state index < -0.39 is 4.92 Å². The van der Waals surface area contributed by atoms with Crippen molar-refractivity contribution in [3.8, 4) is 11.5 Å². The molecule has 0 bridgehead atoms. The third-order valence-corrected chi connectivity index (χ3v) is 3.90. The SMILES string of the molecule is COc1cccc(CNc2ccc([N+](=O)[O-])c3cccnc23)c1OC. The van der Waals surface area contributed by atoms with Crippen molar-refractivity contribution in [2.75, 3.05) is 19.5 Å². The highest BCUT2D eigenvalue weighted by molar-refractivity contribution is 5.96. The Morgan fingerprint density at radius 1 is 1.12 bits per heavy atom. The van der Waals surface area contributed by atoms with E-state index in [9.17, 15) is 10.1 Å². The zero-order chi connectivity index (χ0) is 17.8. The lowest BCUT2D eigenvalue weighted by molar-refractivity contribution is -0.383. The number of hydrogen-bond acceptors (Lipinski definition) is 6. The Morgan fingerprint density at radius 2 is 1.96 bits per heavy atom. The summed E-state index contributed by atoms with van der Waals surface area (Å²) in [6.07, 6.45) is 1.61. The number of para-hydroxylation sites is 1. The Hall–Kier alpha value is -3.35. The van der Waals surface area contributed by atoms with Gasteiger partial charge < -0.3 is 14.8 Å².